The van der Waals surface area contributed by atoms with Gasteiger partial charge in [0.2, 0.25) is 0 Å². The second-order valence-corrected chi connectivity index (χ2v) is 10.6. The summed E-state index contributed by atoms with van der Waals surface area (Å²) in [6.45, 7) is 8.86. The maximum absolute atomic E-state index is 13.5. The summed E-state index contributed by atoms with van der Waals surface area (Å²) in [6.07, 6.45) is 4.78. The van der Waals surface area contributed by atoms with Crippen molar-refractivity contribution in [3.05, 3.63) is 64.8 Å². The van der Waals surface area contributed by atoms with Crippen LogP contribution in [0.2, 0.25) is 0 Å². The van der Waals surface area contributed by atoms with Crippen molar-refractivity contribution in [2.24, 2.45) is 0 Å². The standard InChI is InChI=1S/C26H33N5OS/c1-4-11-31-23-10-9-20(29(3)18-21-16-19-7-5-6-8-24(19)33-21)17-22(23)25(27-31)26(32)30-14-12-28(2)13-15-30/h4-8,16,20H,1,9-15,17-18H2,2-3H3. The van der Waals surface area contributed by atoms with E-state index in [1.54, 1.807) is 0 Å². The minimum atomic E-state index is 0.0926. The number of amides is 1. The summed E-state index contributed by atoms with van der Waals surface area (Å²) in [4.78, 5) is 21.6. The van der Waals surface area contributed by atoms with Crippen molar-refractivity contribution < 1.29 is 4.79 Å². The van der Waals surface area contributed by atoms with Gasteiger partial charge in [-0.1, -0.05) is 24.3 Å². The monoisotopic (exact) mass is 463 g/mol. The lowest BCUT2D eigenvalue weighted by molar-refractivity contribution is 0.0655. The van der Waals surface area contributed by atoms with Crippen LogP contribution in [0.25, 0.3) is 10.1 Å². The average Bonchev–Trinajstić information content (AvgIpc) is 3.40. The zero-order valence-electron chi connectivity index (χ0n) is 19.7. The number of fused-ring (bicyclic) bond motifs is 2. The summed E-state index contributed by atoms with van der Waals surface area (Å²) in [6, 6.07) is 11.3. The molecule has 174 valence electrons. The van der Waals surface area contributed by atoms with Crippen LogP contribution in [0, 0.1) is 0 Å². The fourth-order valence-corrected chi connectivity index (χ4v) is 6.27. The Labute approximate surface area is 200 Å². The molecule has 0 N–H and O–H groups in total. The number of nitrogens with zero attached hydrogens (tertiary/aromatic N) is 5. The van der Waals surface area contributed by atoms with Crippen molar-refractivity contribution in [1.82, 2.24) is 24.5 Å². The zero-order valence-corrected chi connectivity index (χ0v) is 20.5. The van der Waals surface area contributed by atoms with Crippen LogP contribution in [-0.4, -0.2) is 76.7 Å². The van der Waals surface area contributed by atoms with Crippen molar-refractivity contribution >= 4 is 27.3 Å². The number of piperazine rings is 1. The van der Waals surface area contributed by atoms with Gasteiger partial charge in [-0.25, -0.2) is 0 Å². The van der Waals surface area contributed by atoms with Crippen LogP contribution in [0.5, 0.6) is 0 Å². The Kier molecular flexibility index (Phi) is 6.36. The molecular weight excluding hydrogens is 430 g/mol. The highest BCUT2D eigenvalue weighted by Gasteiger charge is 2.33. The highest BCUT2D eigenvalue weighted by molar-refractivity contribution is 7.19. The van der Waals surface area contributed by atoms with Gasteiger partial charge in [0, 0.05) is 59.6 Å². The Bertz CT molecular complexity index is 1120. The van der Waals surface area contributed by atoms with Crippen LogP contribution in [0.1, 0.15) is 33.0 Å². The number of allylic oxidation sites excluding steroid dienone is 1. The minimum Gasteiger partial charge on any atom is -0.335 e. The van der Waals surface area contributed by atoms with Crippen LogP contribution in [0.3, 0.4) is 0 Å². The van der Waals surface area contributed by atoms with E-state index >= 15 is 0 Å². The lowest BCUT2D eigenvalue weighted by Crippen LogP contribution is -2.47. The molecule has 3 aromatic rings. The number of hydrogen-bond donors (Lipinski definition) is 0. The van der Waals surface area contributed by atoms with Gasteiger partial charge in [-0.15, -0.1) is 17.9 Å². The summed E-state index contributed by atoms with van der Waals surface area (Å²) >= 11 is 1.88. The first-order chi connectivity index (χ1) is 16.0. The van der Waals surface area contributed by atoms with Crippen molar-refractivity contribution in [1.29, 1.82) is 0 Å². The van der Waals surface area contributed by atoms with Crippen molar-refractivity contribution in [2.75, 3.05) is 40.3 Å². The summed E-state index contributed by atoms with van der Waals surface area (Å²) in [5.41, 5.74) is 3.04. The molecule has 0 saturated carbocycles. The second kappa shape index (κ2) is 9.41. The van der Waals surface area contributed by atoms with Crippen molar-refractivity contribution in [2.45, 2.75) is 38.4 Å². The van der Waals surface area contributed by atoms with E-state index in [0.717, 1.165) is 57.5 Å². The van der Waals surface area contributed by atoms with E-state index in [1.807, 2.05) is 27.0 Å². The first-order valence-corrected chi connectivity index (χ1v) is 12.7. The van der Waals surface area contributed by atoms with E-state index in [9.17, 15) is 4.79 Å². The van der Waals surface area contributed by atoms with Crippen LogP contribution in [-0.2, 0) is 25.9 Å². The molecular formula is C26H33N5OS. The highest BCUT2D eigenvalue weighted by Crippen LogP contribution is 2.31. The summed E-state index contributed by atoms with van der Waals surface area (Å²) < 4.78 is 3.35. The number of carbonyl (C=O) groups excluding carboxylic acids is 1. The first kappa shape index (κ1) is 22.3. The number of thiophene rings is 1. The van der Waals surface area contributed by atoms with Gasteiger partial charge in [-0.3, -0.25) is 14.4 Å². The highest BCUT2D eigenvalue weighted by atomic mass is 32.1. The Hall–Kier alpha value is -2.48. The first-order valence-electron chi connectivity index (χ1n) is 11.9. The molecule has 1 saturated heterocycles. The van der Waals surface area contributed by atoms with Crippen LogP contribution < -0.4 is 0 Å². The number of aromatic nitrogens is 2. The van der Waals surface area contributed by atoms with Crippen LogP contribution >= 0.6 is 11.3 Å². The average molecular weight is 464 g/mol. The van der Waals surface area contributed by atoms with Gasteiger partial charge in [0.15, 0.2) is 5.69 Å². The Morgan fingerprint density at radius 1 is 1.27 bits per heavy atom. The van der Waals surface area contributed by atoms with E-state index in [0.29, 0.717) is 18.3 Å². The van der Waals surface area contributed by atoms with Crippen LogP contribution in [0.4, 0.5) is 0 Å². The molecule has 1 aromatic carbocycles. The Morgan fingerprint density at radius 2 is 2.06 bits per heavy atom. The van der Waals surface area contributed by atoms with Gasteiger partial charge >= 0.3 is 0 Å². The third kappa shape index (κ3) is 4.50. The molecule has 1 amide bonds. The molecule has 1 fully saturated rings. The van der Waals surface area contributed by atoms with Gasteiger partial charge in [0.05, 0.1) is 6.54 Å². The molecule has 7 heteroatoms. The third-order valence-corrected chi connectivity index (χ3v) is 8.22. The molecule has 1 atom stereocenters. The maximum Gasteiger partial charge on any atom is 0.274 e. The van der Waals surface area contributed by atoms with E-state index in [4.69, 9.17) is 5.10 Å². The fraction of sp³-hybridized carbons (Fsp3) is 0.462. The molecule has 3 heterocycles. The van der Waals surface area contributed by atoms with Crippen molar-refractivity contribution in [3.8, 4) is 0 Å². The fourth-order valence-electron chi connectivity index (χ4n) is 5.14. The largest absolute Gasteiger partial charge is 0.335 e. The van der Waals surface area contributed by atoms with E-state index in [1.165, 1.54) is 20.7 Å². The molecule has 1 unspecified atom stereocenters. The van der Waals surface area contributed by atoms with Gasteiger partial charge in [-0.2, -0.15) is 5.10 Å². The molecule has 5 rings (SSSR count). The number of carbonyl (C=O) groups is 1. The van der Waals surface area contributed by atoms with E-state index < -0.39 is 0 Å². The minimum absolute atomic E-state index is 0.0926. The molecule has 1 aliphatic carbocycles. The number of hydrogen-bond acceptors (Lipinski definition) is 5. The summed E-state index contributed by atoms with van der Waals surface area (Å²) in [5, 5.41) is 6.13. The van der Waals surface area contributed by atoms with Gasteiger partial charge in [-0.05, 0) is 50.9 Å². The Morgan fingerprint density at radius 3 is 2.82 bits per heavy atom. The predicted octanol–water partition coefficient (Wildman–Crippen LogP) is 3.66. The third-order valence-electron chi connectivity index (χ3n) is 7.12. The quantitative estimate of drug-likeness (QED) is 0.524. The number of benzene rings is 1. The van der Waals surface area contributed by atoms with Gasteiger partial charge in [0.25, 0.3) is 5.91 Å². The molecule has 33 heavy (non-hydrogen) atoms. The smallest absolute Gasteiger partial charge is 0.274 e. The normalized spacial score (nSPS) is 19.2. The molecule has 2 aliphatic rings. The van der Waals surface area contributed by atoms with Crippen LogP contribution in [0.15, 0.2) is 43.0 Å². The van der Waals surface area contributed by atoms with E-state index in [2.05, 4.69) is 60.8 Å². The zero-order chi connectivity index (χ0) is 22.9. The lowest BCUT2D eigenvalue weighted by atomic mass is 9.90. The van der Waals surface area contributed by atoms with E-state index in [-0.39, 0.29) is 5.91 Å². The van der Waals surface area contributed by atoms with Gasteiger partial charge in [0.1, 0.15) is 0 Å². The number of likely N-dealkylation sites (N-methyl/N-ethyl adjacent to an activating group) is 2. The maximum atomic E-state index is 13.5. The topological polar surface area (TPSA) is 44.6 Å². The molecule has 6 nitrogen and oxygen atoms in total. The second-order valence-electron chi connectivity index (χ2n) is 9.40. The molecule has 0 spiro atoms. The molecule has 0 bridgehead atoms. The lowest BCUT2D eigenvalue weighted by Gasteiger charge is -2.33. The number of rotatable bonds is 6. The molecule has 0 radical (unpaired) electrons. The summed E-state index contributed by atoms with van der Waals surface area (Å²) in [7, 11) is 4.33. The Balaban J connectivity index is 1.36. The van der Waals surface area contributed by atoms with Gasteiger partial charge < -0.3 is 9.80 Å². The summed E-state index contributed by atoms with van der Waals surface area (Å²) in [5.74, 6) is 0.0926. The van der Waals surface area contributed by atoms with Crippen molar-refractivity contribution in [3.63, 3.8) is 0 Å². The molecule has 1 aliphatic heterocycles. The molecule has 2 aromatic heterocycles. The SMILES string of the molecule is C=CCn1nc(C(=O)N2CCN(C)CC2)c2c1CCC(N(C)Cc1cc3ccccc3s1)C2. The predicted molar refractivity (Wildman–Crippen MR) is 135 cm³/mol.